The van der Waals surface area contributed by atoms with Crippen LogP contribution in [-0.4, -0.2) is 66.7 Å². The minimum absolute atomic E-state index is 0.0380. The molecule has 130 valence electrons. The van der Waals surface area contributed by atoms with E-state index in [0.717, 1.165) is 6.42 Å². The van der Waals surface area contributed by atoms with Gasteiger partial charge in [-0.05, 0) is 26.7 Å². The minimum atomic E-state index is -3.29. The van der Waals surface area contributed by atoms with E-state index < -0.39 is 32.7 Å². The lowest BCUT2D eigenvalue weighted by Gasteiger charge is -2.27. The summed E-state index contributed by atoms with van der Waals surface area (Å²) in [4.78, 5) is 13.4. The van der Waals surface area contributed by atoms with Crippen LogP contribution in [0.4, 0.5) is 4.39 Å². The first-order chi connectivity index (χ1) is 10.8. The molecule has 0 bridgehead atoms. The summed E-state index contributed by atoms with van der Waals surface area (Å²) in [6, 6.07) is 1.19. The van der Waals surface area contributed by atoms with E-state index in [-0.39, 0.29) is 25.4 Å². The molecule has 0 spiro atoms. The maximum Gasteiger partial charge on any atom is 0.239 e. The van der Waals surface area contributed by atoms with E-state index in [2.05, 4.69) is 5.43 Å². The fourth-order valence-corrected chi connectivity index (χ4v) is 4.68. The Balaban J connectivity index is 1.95. The van der Waals surface area contributed by atoms with Crippen molar-refractivity contribution in [3.05, 3.63) is 0 Å². The molecule has 0 saturated carbocycles. The molecule has 0 aliphatic carbocycles. The number of rotatable bonds is 5. The molecule has 0 aromatic carbocycles. The van der Waals surface area contributed by atoms with Crippen LogP contribution in [0.1, 0.15) is 33.1 Å². The normalized spacial score (nSPS) is 29.2. The Morgan fingerprint density at radius 1 is 1.48 bits per heavy atom. The van der Waals surface area contributed by atoms with Gasteiger partial charge in [0.15, 0.2) is 9.84 Å². The monoisotopic (exact) mass is 346 g/mol. The SMILES string of the molecule is CC(C)S(=O)(=O)[C@H]1CCCN1NCC(=O)N1C[C@@H](F)C[C@H]1C#N. The van der Waals surface area contributed by atoms with Gasteiger partial charge in [0.2, 0.25) is 5.91 Å². The molecule has 2 fully saturated rings. The number of hydrogen-bond acceptors (Lipinski definition) is 6. The van der Waals surface area contributed by atoms with E-state index >= 15 is 0 Å². The van der Waals surface area contributed by atoms with Gasteiger partial charge in [-0.15, -0.1) is 0 Å². The second-order valence-electron chi connectivity index (χ2n) is 6.29. The molecule has 2 heterocycles. The fraction of sp³-hybridized carbons (Fsp3) is 0.857. The van der Waals surface area contributed by atoms with Gasteiger partial charge in [-0.3, -0.25) is 4.79 Å². The molecule has 0 aromatic rings. The number of nitrogens with one attached hydrogen (secondary N) is 1. The third kappa shape index (κ3) is 3.82. The first kappa shape index (κ1) is 18.1. The number of hydrogen-bond donors (Lipinski definition) is 1. The molecule has 2 aliphatic rings. The molecule has 2 saturated heterocycles. The zero-order chi connectivity index (χ0) is 17.2. The quantitative estimate of drug-likeness (QED) is 0.764. The first-order valence-electron chi connectivity index (χ1n) is 7.83. The molecule has 23 heavy (non-hydrogen) atoms. The number of carbonyl (C=O) groups excluding carboxylic acids is 1. The number of sulfone groups is 1. The van der Waals surface area contributed by atoms with Crippen molar-refractivity contribution in [2.45, 2.75) is 55.9 Å². The summed E-state index contributed by atoms with van der Waals surface area (Å²) in [5.74, 6) is -0.385. The van der Waals surface area contributed by atoms with E-state index in [1.165, 1.54) is 4.90 Å². The molecule has 2 aliphatic heterocycles. The van der Waals surface area contributed by atoms with Crippen LogP contribution >= 0.6 is 0 Å². The molecule has 0 aromatic heterocycles. The smallest absolute Gasteiger partial charge is 0.239 e. The van der Waals surface area contributed by atoms with E-state index in [4.69, 9.17) is 5.26 Å². The van der Waals surface area contributed by atoms with E-state index in [0.29, 0.717) is 13.0 Å². The lowest BCUT2D eigenvalue weighted by atomic mass is 10.2. The number of nitrogens with zero attached hydrogens (tertiary/aromatic N) is 3. The lowest BCUT2D eigenvalue weighted by Crippen LogP contribution is -2.51. The molecule has 7 nitrogen and oxygen atoms in total. The summed E-state index contributed by atoms with van der Waals surface area (Å²) in [5.41, 5.74) is 2.86. The molecule has 9 heteroatoms. The maximum atomic E-state index is 13.4. The van der Waals surface area contributed by atoms with Gasteiger partial charge in [0.1, 0.15) is 17.6 Å². The zero-order valence-corrected chi connectivity index (χ0v) is 14.2. The molecule has 2 rings (SSSR count). The largest absolute Gasteiger partial charge is 0.322 e. The van der Waals surface area contributed by atoms with Gasteiger partial charge >= 0.3 is 0 Å². The summed E-state index contributed by atoms with van der Waals surface area (Å²) >= 11 is 0. The van der Waals surface area contributed by atoms with Crippen LogP contribution in [-0.2, 0) is 14.6 Å². The van der Waals surface area contributed by atoms with Crippen molar-refractivity contribution in [2.24, 2.45) is 0 Å². The second-order valence-corrected chi connectivity index (χ2v) is 8.95. The van der Waals surface area contributed by atoms with Crippen LogP contribution < -0.4 is 5.43 Å². The van der Waals surface area contributed by atoms with E-state index in [9.17, 15) is 17.6 Å². The van der Waals surface area contributed by atoms with Crippen molar-refractivity contribution in [3.8, 4) is 6.07 Å². The van der Waals surface area contributed by atoms with Crippen molar-refractivity contribution in [3.63, 3.8) is 0 Å². The highest BCUT2D eigenvalue weighted by Crippen LogP contribution is 2.24. The van der Waals surface area contributed by atoms with E-state index in [1.54, 1.807) is 18.9 Å². The van der Waals surface area contributed by atoms with Crippen LogP contribution in [0, 0.1) is 11.3 Å². The number of alkyl halides is 1. The van der Waals surface area contributed by atoms with Gasteiger partial charge in [0, 0.05) is 13.0 Å². The Morgan fingerprint density at radius 2 is 2.17 bits per heavy atom. The maximum absolute atomic E-state index is 13.4. The topological polar surface area (TPSA) is 93.5 Å². The van der Waals surface area contributed by atoms with E-state index in [1.807, 2.05) is 6.07 Å². The predicted molar refractivity (Wildman–Crippen MR) is 82.4 cm³/mol. The average Bonchev–Trinajstić information content (AvgIpc) is 3.10. The average molecular weight is 346 g/mol. The van der Waals surface area contributed by atoms with Gasteiger partial charge < -0.3 is 4.90 Å². The molecule has 0 radical (unpaired) electrons. The highest BCUT2D eigenvalue weighted by Gasteiger charge is 2.39. The van der Waals surface area contributed by atoms with Crippen LogP contribution in [0.2, 0.25) is 0 Å². The number of carbonyl (C=O) groups is 1. The molecule has 1 amide bonds. The highest BCUT2D eigenvalue weighted by molar-refractivity contribution is 7.92. The standard InChI is InChI=1S/C14H23FN4O3S/c1-10(2)23(21,22)14-4-3-5-19(14)17-8-13(20)18-9-11(15)6-12(18)7-16/h10-12,14,17H,3-6,8-9H2,1-2H3/t11-,12-,14-/m0/s1. The summed E-state index contributed by atoms with van der Waals surface area (Å²) in [7, 11) is -3.29. The minimum Gasteiger partial charge on any atom is -0.322 e. The van der Waals surface area contributed by atoms with Gasteiger partial charge in [0.05, 0.1) is 24.4 Å². The highest BCUT2D eigenvalue weighted by atomic mass is 32.2. The Hall–Kier alpha value is -1.24. The van der Waals surface area contributed by atoms with Gasteiger partial charge in [-0.2, -0.15) is 5.26 Å². The van der Waals surface area contributed by atoms with Crippen LogP contribution in [0.15, 0.2) is 0 Å². The van der Waals surface area contributed by atoms with Crippen molar-refractivity contribution >= 4 is 15.7 Å². The van der Waals surface area contributed by atoms with Crippen LogP contribution in [0.5, 0.6) is 0 Å². The molecule has 0 unspecified atom stereocenters. The zero-order valence-electron chi connectivity index (χ0n) is 13.4. The summed E-state index contributed by atoms with van der Waals surface area (Å²) in [6.07, 6.45) is 0.119. The number of hydrazine groups is 1. The van der Waals surface area contributed by atoms with Gasteiger partial charge in [-0.1, -0.05) is 0 Å². The third-order valence-electron chi connectivity index (χ3n) is 4.39. The molecular weight excluding hydrogens is 323 g/mol. The second kappa shape index (κ2) is 7.11. The molecular formula is C14H23FN4O3S. The van der Waals surface area contributed by atoms with Gasteiger partial charge in [0.25, 0.3) is 0 Å². The summed E-state index contributed by atoms with van der Waals surface area (Å²) in [6.45, 7) is 3.61. The predicted octanol–water partition coefficient (Wildman–Crippen LogP) is 0.199. The summed E-state index contributed by atoms with van der Waals surface area (Å²) in [5, 5.41) is 9.42. The Morgan fingerprint density at radius 3 is 2.78 bits per heavy atom. The van der Waals surface area contributed by atoms with Crippen molar-refractivity contribution in [2.75, 3.05) is 19.6 Å². The number of halogens is 1. The Labute approximate surface area is 136 Å². The number of nitriles is 1. The van der Waals surface area contributed by atoms with Crippen molar-refractivity contribution in [1.82, 2.24) is 15.3 Å². The van der Waals surface area contributed by atoms with Crippen molar-refractivity contribution < 1.29 is 17.6 Å². The number of likely N-dealkylation sites (tertiary alicyclic amines) is 1. The van der Waals surface area contributed by atoms with Crippen molar-refractivity contribution in [1.29, 1.82) is 5.26 Å². The van der Waals surface area contributed by atoms with Crippen LogP contribution in [0.3, 0.4) is 0 Å². The molecule has 1 N–H and O–H groups in total. The lowest BCUT2D eigenvalue weighted by molar-refractivity contribution is -0.131. The number of amides is 1. The van der Waals surface area contributed by atoms with Gasteiger partial charge in [-0.25, -0.2) is 23.2 Å². The third-order valence-corrected chi connectivity index (χ3v) is 6.95. The Kier molecular flexibility index (Phi) is 5.60. The first-order valence-corrected chi connectivity index (χ1v) is 9.44. The fourth-order valence-electron chi connectivity index (χ4n) is 3.03. The van der Waals surface area contributed by atoms with Crippen LogP contribution in [0.25, 0.3) is 0 Å². The Bertz CT molecular complexity index is 589. The summed E-state index contributed by atoms with van der Waals surface area (Å²) < 4.78 is 38.0. The molecule has 3 atom stereocenters.